The number of aliphatic hydroxyl groups excluding tert-OH is 1. The van der Waals surface area contributed by atoms with E-state index in [1.54, 1.807) is 13.0 Å². The molecule has 9 heteroatoms. The first-order valence-corrected chi connectivity index (χ1v) is 15.2. The molecule has 0 heterocycles. The van der Waals surface area contributed by atoms with E-state index in [0.717, 1.165) is 62.3 Å². The topological polar surface area (TPSA) is 38.7 Å². The van der Waals surface area contributed by atoms with Crippen LogP contribution in [0.5, 0.6) is 11.5 Å². The number of allylic oxidation sites excluding steroid dienone is 2. The lowest BCUT2D eigenvalue weighted by Crippen LogP contribution is -2.26. The first-order chi connectivity index (χ1) is 21.1. The second-order valence-electron chi connectivity index (χ2n) is 11.8. The van der Waals surface area contributed by atoms with Crippen molar-refractivity contribution >= 4 is 5.57 Å². The van der Waals surface area contributed by atoms with Gasteiger partial charge in [0.25, 0.3) is 0 Å². The van der Waals surface area contributed by atoms with Gasteiger partial charge in [-0.1, -0.05) is 18.2 Å². The van der Waals surface area contributed by atoms with Crippen molar-refractivity contribution in [3.8, 4) is 22.6 Å². The van der Waals surface area contributed by atoms with Crippen molar-refractivity contribution in [2.75, 3.05) is 13.2 Å². The van der Waals surface area contributed by atoms with Crippen molar-refractivity contribution in [3.05, 3.63) is 88.5 Å². The molecule has 0 aromatic heterocycles. The molecule has 2 aliphatic rings. The van der Waals surface area contributed by atoms with E-state index in [4.69, 9.17) is 9.47 Å². The minimum Gasteiger partial charge on any atom is -0.491 e. The molecule has 5 rings (SSSR count). The normalized spacial score (nSPS) is 21.1. The standard InChI is InChI=1S/C35H36F6O3/c1-3-43-28-16-14-25(31(37)34(28)40)23-10-8-22(9-11-23)21-6-4-20(5-7-21)18-44-29-17-15-27(33(39)35(29)41)26-13-12-24(19(2)42)30(36)32(26)38/h10,12-17,19-22,42H,3-9,11,18H2,1-2H3. The summed E-state index contributed by atoms with van der Waals surface area (Å²) in [6, 6.07) is 7.67. The summed E-state index contributed by atoms with van der Waals surface area (Å²) in [5, 5.41) is 9.57. The molecule has 1 fully saturated rings. The Morgan fingerprint density at radius 2 is 1.25 bits per heavy atom. The van der Waals surface area contributed by atoms with Gasteiger partial charge in [0.15, 0.2) is 34.8 Å². The summed E-state index contributed by atoms with van der Waals surface area (Å²) in [4.78, 5) is 0. The zero-order valence-electron chi connectivity index (χ0n) is 24.7. The largest absolute Gasteiger partial charge is 0.491 e. The van der Waals surface area contributed by atoms with Crippen molar-refractivity contribution in [2.24, 2.45) is 17.8 Å². The maximum Gasteiger partial charge on any atom is 0.201 e. The Morgan fingerprint density at radius 1 is 0.682 bits per heavy atom. The minimum absolute atomic E-state index is 0.0828. The zero-order chi connectivity index (χ0) is 31.5. The van der Waals surface area contributed by atoms with Crippen molar-refractivity contribution in [1.29, 1.82) is 0 Å². The number of rotatable bonds is 9. The van der Waals surface area contributed by atoms with E-state index in [-0.39, 0.29) is 41.8 Å². The van der Waals surface area contributed by atoms with Crippen molar-refractivity contribution in [1.82, 2.24) is 0 Å². The third-order valence-electron chi connectivity index (χ3n) is 9.08. The number of benzene rings is 3. The van der Waals surface area contributed by atoms with Crippen LogP contribution in [0.1, 0.15) is 76.0 Å². The minimum atomic E-state index is -1.37. The fraction of sp³-hybridized carbons (Fsp3) is 0.429. The molecule has 0 bridgehead atoms. The number of hydrogen-bond donors (Lipinski definition) is 1. The molecule has 236 valence electrons. The van der Waals surface area contributed by atoms with Crippen LogP contribution >= 0.6 is 0 Å². The van der Waals surface area contributed by atoms with E-state index in [9.17, 15) is 31.4 Å². The molecular formula is C35H36F6O3. The van der Waals surface area contributed by atoms with Gasteiger partial charge in [-0.3, -0.25) is 0 Å². The zero-order valence-corrected chi connectivity index (χ0v) is 24.7. The molecule has 2 aliphatic carbocycles. The average molecular weight is 619 g/mol. The molecule has 1 N–H and O–H groups in total. The van der Waals surface area contributed by atoms with Gasteiger partial charge in [0.05, 0.1) is 19.3 Å². The molecule has 0 amide bonds. The average Bonchev–Trinajstić information content (AvgIpc) is 3.02. The van der Waals surface area contributed by atoms with E-state index in [1.807, 2.05) is 6.08 Å². The Balaban J connectivity index is 1.15. The number of aliphatic hydroxyl groups is 1. The van der Waals surface area contributed by atoms with Gasteiger partial charge < -0.3 is 14.6 Å². The van der Waals surface area contributed by atoms with E-state index in [2.05, 4.69) is 0 Å². The maximum absolute atomic E-state index is 14.9. The quantitative estimate of drug-likeness (QED) is 0.243. The Bertz CT molecular complexity index is 1530. The second kappa shape index (κ2) is 13.7. The molecule has 1 saturated carbocycles. The molecule has 2 unspecified atom stereocenters. The summed E-state index contributed by atoms with van der Waals surface area (Å²) < 4.78 is 98.6. The lowest BCUT2D eigenvalue weighted by molar-refractivity contribution is 0.146. The van der Waals surface area contributed by atoms with Crippen molar-refractivity contribution < 1.29 is 40.9 Å². The fourth-order valence-corrected chi connectivity index (χ4v) is 6.55. The van der Waals surface area contributed by atoms with Crippen molar-refractivity contribution in [2.45, 2.75) is 64.9 Å². The van der Waals surface area contributed by atoms with Gasteiger partial charge in [-0.15, -0.1) is 0 Å². The van der Waals surface area contributed by atoms with Gasteiger partial charge >= 0.3 is 0 Å². The predicted molar refractivity (Wildman–Crippen MR) is 156 cm³/mol. The first-order valence-electron chi connectivity index (χ1n) is 15.2. The monoisotopic (exact) mass is 618 g/mol. The highest BCUT2D eigenvalue weighted by atomic mass is 19.2. The third-order valence-corrected chi connectivity index (χ3v) is 9.08. The highest BCUT2D eigenvalue weighted by molar-refractivity contribution is 5.68. The molecular weight excluding hydrogens is 582 g/mol. The first kappa shape index (κ1) is 31.9. The molecule has 3 nitrogen and oxygen atoms in total. The smallest absolute Gasteiger partial charge is 0.201 e. The molecule has 3 aromatic rings. The van der Waals surface area contributed by atoms with E-state index < -0.39 is 52.1 Å². The van der Waals surface area contributed by atoms with Crippen LogP contribution in [0.2, 0.25) is 0 Å². The lowest BCUT2D eigenvalue weighted by atomic mass is 9.71. The van der Waals surface area contributed by atoms with Gasteiger partial charge in [0.2, 0.25) is 11.6 Å². The van der Waals surface area contributed by atoms with E-state index in [0.29, 0.717) is 18.3 Å². The van der Waals surface area contributed by atoms with Crippen LogP contribution in [0.25, 0.3) is 16.7 Å². The Hall–Kier alpha value is -3.46. The number of hydrogen-bond acceptors (Lipinski definition) is 3. The Labute approximate surface area is 253 Å². The van der Waals surface area contributed by atoms with Gasteiger partial charge in [0, 0.05) is 22.3 Å². The fourth-order valence-electron chi connectivity index (χ4n) is 6.55. The predicted octanol–water partition coefficient (Wildman–Crippen LogP) is 9.71. The van der Waals surface area contributed by atoms with Crippen LogP contribution < -0.4 is 9.47 Å². The molecule has 44 heavy (non-hydrogen) atoms. The molecule has 0 saturated heterocycles. The van der Waals surface area contributed by atoms with Crippen LogP contribution in [0.4, 0.5) is 26.3 Å². The van der Waals surface area contributed by atoms with Gasteiger partial charge in [-0.25, -0.2) is 17.6 Å². The van der Waals surface area contributed by atoms with Crippen molar-refractivity contribution in [3.63, 3.8) is 0 Å². The summed E-state index contributed by atoms with van der Waals surface area (Å²) in [5.41, 5.74) is -0.0673. The van der Waals surface area contributed by atoms with Crippen LogP contribution in [0.3, 0.4) is 0 Å². The lowest BCUT2D eigenvalue weighted by Gasteiger charge is -2.35. The maximum atomic E-state index is 14.9. The summed E-state index contributed by atoms with van der Waals surface area (Å²) in [5.74, 6) is -6.43. The SMILES string of the molecule is CCOc1ccc(C2=CCC(C3CCC(COc4ccc(-c5ccc(C(C)O)c(F)c5F)c(F)c4F)CC3)CC2)c(F)c1F. The van der Waals surface area contributed by atoms with Gasteiger partial charge in [0.1, 0.15) is 0 Å². The highest BCUT2D eigenvalue weighted by Gasteiger charge is 2.30. The van der Waals surface area contributed by atoms with Crippen LogP contribution in [0.15, 0.2) is 42.5 Å². The second-order valence-corrected chi connectivity index (χ2v) is 11.8. The summed E-state index contributed by atoms with van der Waals surface area (Å²) in [7, 11) is 0. The van der Waals surface area contributed by atoms with Crippen LogP contribution in [-0.4, -0.2) is 18.3 Å². The summed E-state index contributed by atoms with van der Waals surface area (Å²) in [6.45, 7) is 3.44. The molecule has 0 aliphatic heterocycles. The third kappa shape index (κ3) is 6.48. The molecule has 3 aromatic carbocycles. The summed E-state index contributed by atoms with van der Waals surface area (Å²) in [6.07, 6.45) is 6.73. The Morgan fingerprint density at radius 3 is 1.84 bits per heavy atom. The molecule has 0 spiro atoms. The number of ether oxygens (including phenoxy) is 2. The molecule has 0 radical (unpaired) electrons. The summed E-state index contributed by atoms with van der Waals surface area (Å²) >= 11 is 0. The highest BCUT2D eigenvalue weighted by Crippen LogP contribution is 2.42. The Kier molecular flexibility index (Phi) is 9.93. The van der Waals surface area contributed by atoms with Gasteiger partial charge in [-0.2, -0.15) is 8.78 Å². The van der Waals surface area contributed by atoms with Crippen LogP contribution in [0, 0.1) is 52.7 Å². The van der Waals surface area contributed by atoms with Gasteiger partial charge in [-0.05, 0) is 106 Å². The van der Waals surface area contributed by atoms with E-state index in [1.165, 1.54) is 19.1 Å². The van der Waals surface area contributed by atoms with Crippen LogP contribution in [-0.2, 0) is 0 Å². The number of halogens is 6. The van der Waals surface area contributed by atoms with E-state index >= 15 is 0 Å². The molecule has 2 atom stereocenters.